The number of nitrogens with zero attached hydrogens (tertiary/aromatic N) is 3. The van der Waals surface area contributed by atoms with E-state index in [4.69, 9.17) is 16.3 Å². The molecule has 2 aromatic heterocycles. The number of aromatic nitrogens is 3. The van der Waals surface area contributed by atoms with E-state index in [-0.39, 0.29) is 5.41 Å². The summed E-state index contributed by atoms with van der Waals surface area (Å²) in [7, 11) is 1.63. The first-order valence-electron chi connectivity index (χ1n) is 10.1. The molecule has 0 saturated heterocycles. The molecule has 0 aliphatic heterocycles. The quantitative estimate of drug-likeness (QED) is 0.388. The molecule has 2 aromatic carbocycles. The lowest BCUT2D eigenvalue weighted by Gasteiger charge is -2.19. The summed E-state index contributed by atoms with van der Waals surface area (Å²) in [6.45, 7) is 6.93. The van der Waals surface area contributed by atoms with Crippen molar-refractivity contribution in [1.82, 2.24) is 15.0 Å². The van der Waals surface area contributed by atoms with Crippen LogP contribution in [0, 0.1) is 0 Å². The van der Waals surface area contributed by atoms with Crippen LogP contribution < -0.4 is 5.32 Å². The fraction of sp³-hybridized carbons (Fsp3) is 0.240. The van der Waals surface area contributed by atoms with Gasteiger partial charge in [-0.25, -0.2) is 9.97 Å². The van der Waals surface area contributed by atoms with Gasteiger partial charge in [-0.2, -0.15) is 0 Å². The number of halogens is 1. The number of pyridine rings is 1. The van der Waals surface area contributed by atoms with Gasteiger partial charge < -0.3 is 10.1 Å². The summed E-state index contributed by atoms with van der Waals surface area (Å²) in [5.41, 5.74) is 4.78. The van der Waals surface area contributed by atoms with Crippen LogP contribution in [0.4, 0.5) is 11.5 Å². The number of ether oxygens (including phenoxy) is 1. The number of hydrogen-bond donors (Lipinski definition) is 1. The van der Waals surface area contributed by atoms with Gasteiger partial charge >= 0.3 is 0 Å². The summed E-state index contributed by atoms with van der Waals surface area (Å²) in [4.78, 5) is 13.8. The largest absolute Gasteiger partial charge is 0.377 e. The standard InChI is InChI=1S/C25H25ClN4O/c1-25(2,3)17-8-10-18(11-9-17)28-24-19-12-7-16(23-20(26)6-5-13-27-23)14-21(19)29-22(30-24)15-31-4/h5-14H,15H2,1-4H3,(H,28,29,30). The number of anilines is 2. The van der Waals surface area contributed by atoms with Crippen molar-refractivity contribution in [2.24, 2.45) is 0 Å². The summed E-state index contributed by atoms with van der Waals surface area (Å²) in [5, 5.41) is 4.96. The predicted molar refractivity (Wildman–Crippen MR) is 127 cm³/mol. The average Bonchev–Trinajstić information content (AvgIpc) is 2.74. The summed E-state index contributed by atoms with van der Waals surface area (Å²) in [6.07, 6.45) is 1.73. The van der Waals surface area contributed by atoms with Crippen LogP contribution in [-0.4, -0.2) is 22.1 Å². The van der Waals surface area contributed by atoms with Crippen molar-refractivity contribution in [3.05, 3.63) is 77.2 Å². The number of rotatable bonds is 5. The van der Waals surface area contributed by atoms with E-state index in [9.17, 15) is 0 Å². The van der Waals surface area contributed by atoms with E-state index in [1.165, 1.54) is 5.56 Å². The molecule has 0 aliphatic carbocycles. The molecule has 5 nitrogen and oxygen atoms in total. The lowest BCUT2D eigenvalue weighted by Crippen LogP contribution is -2.10. The van der Waals surface area contributed by atoms with Crippen molar-refractivity contribution in [1.29, 1.82) is 0 Å². The second kappa shape index (κ2) is 8.61. The third kappa shape index (κ3) is 4.68. The number of hydrogen-bond acceptors (Lipinski definition) is 5. The Morgan fingerprint density at radius 3 is 2.45 bits per heavy atom. The van der Waals surface area contributed by atoms with E-state index in [2.05, 4.69) is 65.3 Å². The zero-order valence-electron chi connectivity index (χ0n) is 18.1. The van der Waals surface area contributed by atoms with E-state index in [0.29, 0.717) is 17.5 Å². The zero-order valence-corrected chi connectivity index (χ0v) is 18.9. The molecule has 0 unspecified atom stereocenters. The van der Waals surface area contributed by atoms with E-state index < -0.39 is 0 Å². The molecule has 0 amide bonds. The SMILES string of the molecule is COCc1nc(Nc2ccc(C(C)(C)C)cc2)c2ccc(-c3ncccc3Cl)cc2n1. The monoisotopic (exact) mass is 432 g/mol. The topological polar surface area (TPSA) is 59.9 Å². The number of nitrogens with one attached hydrogen (secondary N) is 1. The van der Waals surface area contributed by atoms with Gasteiger partial charge in [0.25, 0.3) is 0 Å². The second-order valence-corrected chi connectivity index (χ2v) is 8.85. The van der Waals surface area contributed by atoms with E-state index in [1.54, 1.807) is 13.3 Å². The van der Waals surface area contributed by atoms with Crippen LogP contribution in [0.5, 0.6) is 0 Å². The first-order valence-corrected chi connectivity index (χ1v) is 10.5. The minimum atomic E-state index is 0.106. The average molecular weight is 433 g/mol. The molecular weight excluding hydrogens is 408 g/mol. The minimum absolute atomic E-state index is 0.106. The normalized spacial score (nSPS) is 11.6. The van der Waals surface area contributed by atoms with E-state index >= 15 is 0 Å². The summed E-state index contributed by atoms with van der Waals surface area (Å²) >= 11 is 6.35. The highest BCUT2D eigenvalue weighted by molar-refractivity contribution is 6.33. The van der Waals surface area contributed by atoms with Gasteiger partial charge in [0.15, 0.2) is 5.82 Å². The molecule has 2 heterocycles. The van der Waals surface area contributed by atoms with E-state index in [0.717, 1.165) is 33.7 Å². The molecular formula is C25H25ClN4O. The van der Waals surface area contributed by atoms with Gasteiger partial charge in [-0.1, -0.05) is 50.6 Å². The van der Waals surface area contributed by atoms with Crippen molar-refractivity contribution >= 4 is 34.0 Å². The molecule has 0 saturated carbocycles. The number of fused-ring (bicyclic) bond motifs is 1. The van der Waals surface area contributed by atoms with Crippen LogP contribution in [0.25, 0.3) is 22.2 Å². The third-order valence-electron chi connectivity index (χ3n) is 5.06. The predicted octanol–water partition coefficient (Wildman–Crippen LogP) is 6.53. The molecule has 6 heteroatoms. The number of benzene rings is 2. The van der Waals surface area contributed by atoms with Crippen molar-refractivity contribution < 1.29 is 4.74 Å². The van der Waals surface area contributed by atoms with Gasteiger partial charge in [-0.05, 0) is 47.4 Å². The van der Waals surface area contributed by atoms with Crippen molar-refractivity contribution in [2.75, 3.05) is 12.4 Å². The van der Waals surface area contributed by atoms with Crippen LogP contribution in [0.3, 0.4) is 0 Å². The maximum absolute atomic E-state index is 6.35. The van der Waals surface area contributed by atoms with Gasteiger partial charge in [0.1, 0.15) is 12.4 Å². The minimum Gasteiger partial charge on any atom is -0.377 e. The van der Waals surface area contributed by atoms with E-state index in [1.807, 2.05) is 30.3 Å². The van der Waals surface area contributed by atoms with Gasteiger partial charge in [-0.15, -0.1) is 0 Å². The smallest absolute Gasteiger partial charge is 0.157 e. The second-order valence-electron chi connectivity index (χ2n) is 8.44. The Balaban J connectivity index is 1.76. The van der Waals surface area contributed by atoms with Gasteiger partial charge in [0, 0.05) is 29.9 Å². The molecule has 1 N–H and O–H groups in total. The van der Waals surface area contributed by atoms with Crippen molar-refractivity contribution in [3.63, 3.8) is 0 Å². The molecule has 0 atom stereocenters. The number of methoxy groups -OCH3 is 1. The first kappa shape index (κ1) is 21.2. The van der Waals surface area contributed by atoms with Crippen LogP contribution >= 0.6 is 11.6 Å². The highest BCUT2D eigenvalue weighted by atomic mass is 35.5. The van der Waals surface area contributed by atoms with Gasteiger partial charge in [-0.3, -0.25) is 4.98 Å². The summed E-state index contributed by atoms with van der Waals surface area (Å²) < 4.78 is 5.28. The van der Waals surface area contributed by atoms with Crippen LogP contribution in [0.2, 0.25) is 5.02 Å². The maximum atomic E-state index is 6.35. The fourth-order valence-corrected chi connectivity index (χ4v) is 3.63. The highest BCUT2D eigenvalue weighted by Gasteiger charge is 2.14. The molecule has 0 aliphatic rings. The Kier molecular flexibility index (Phi) is 5.90. The lowest BCUT2D eigenvalue weighted by atomic mass is 9.87. The van der Waals surface area contributed by atoms with Crippen LogP contribution in [0.1, 0.15) is 32.2 Å². The summed E-state index contributed by atoms with van der Waals surface area (Å²) in [5.74, 6) is 1.34. The Hall–Kier alpha value is -3.02. The van der Waals surface area contributed by atoms with Crippen LogP contribution in [-0.2, 0) is 16.8 Å². The fourth-order valence-electron chi connectivity index (χ4n) is 3.40. The zero-order chi connectivity index (χ0) is 22.0. The molecule has 0 bridgehead atoms. The van der Waals surface area contributed by atoms with Gasteiger partial charge in [0.2, 0.25) is 0 Å². The molecule has 0 spiro atoms. The Labute approximate surface area is 187 Å². The Bertz CT molecular complexity index is 1220. The highest BCUT2D eigenvalue weighted by Crippen LogP contribution is 2.31. The molecule has 4 aromatic rings. The molecule has 158 valence electrons. The van der Waals surface area contributed by atoms with Crippen molar-refractivity contribution in [2.45, 2.75) is 32.8 Å². The Morgan fingerprint density at radius 2 is 1.77 bits per heavy atom. The molecule has 31 heavy (non-hydrogen) atoms. The maximum Gasteiger partial charge on any atom is 0.157 e. The lowest BCUT2D eigenvalue weighted by molar-refractivity contribution is 0.178. The van der Waals surface area contributed by atoms with Gasteiger partial charge in [0.05, 0.1) is 16.2 Å². The first-order chi connectivity index (χ1) is 14.8. The molecule has 4 rings (SSSR count). The third-order valence-corrected chi connectivity index (χ3v) is 5.37. The molecule has 0 radical (unpaired) electrons. The molecule has 0 fully saturated rings. The Morgan fingerprint density at radius 1 is 1.00 bits per heavy atom. The summed E-state index contributed by atoms with van der Waals surface area (Å²) in [6, 6.07) is 18.1. The van der Waals surface area contributed by atoms with Crippen molar-refractivity contribution in [3.8, 4) is 11.3 Å². The van der Waals surface area contributed by atoms with Crippen LogP contribution in [0.15, 0.2) is 60.8 Å².